The minimum atomic E-state index is -0.210. The third-order valence-electron chi connectivity index (χ3n) is 5.24. The van der Waals surface area contributed by atoms with Crippen molar-refractivity contribution in [2.75, 3.05) is 44.7 Å². The van der Waals surface area contributed by atoms with Gasteiger partial charge in [-0.15, -0.1) is 0 Å². The molecule has 142 valence electrons. The van der Waals surface area contributed by atoms with Gasteiger partial charge in [0.1, 0.15) is 0 Å². The van der Waals surface area contributed by atoms with Gasteiger partial charge in [-0.1, -0.05) is 15.9 Å². The highest BCUT2D eigenvalue weighted by Gasteiger charge is 2.32. The molecule has 0 spiro atoms. The van der Waals surface area contributed by atoms with E-state index in [1.54, 1.807) is 0 Å². The third kappa shape index (κ3) is 4.84. The first-order valence-corrected chi connectivity index (χ1v) is 10.0. The summed E-state index contributed by atoms with van der Waals surface area (Å²) >= 11 is 3.39. The maximum Gasteiger partial charge on any atom is 0.241 e. The largest absolute Gasteiger partial charge is 0.378 e. The molecule has 2 fully saturated rings. The Kier molecular flexibility index (Phi) is 6.67. The molecular formula is C19H26BrN3O3. The second-order valence-corrected chi connectivity index (χ2v) is 7.84. The van der Waals surface area contributed by atoms with Gasteiger partial charge in [0.05, 0.1) is 19.3 Å². The summed E-state index contributed by atoms with van der Waals surface area (Å²) in [5.74, 6) is 0.316. The molecule has 0 unspecified atom stereocenters. The predicted octanol–water partition coefficient (Wildman–Crippen LogP) is 2.35. The lowest BCUT2D eigenvalue weighted by molar-refractivity contribution is -0.141. The first-order chi connectivity index (χ1) is 12.5. The van der Waals surface area contributed by atoms with Gasteiger partial charge in [0.2, 0.25) is 11.8 Å². The molecule has 2 aliphatic rings. The van der Waals surface area contributed by atoms with Gasteiger partial charge in [-0.2, -0.15) is 0 Å². The van der Waals surface area contributed by atoms with E-state index in [1.165, 1.54) is 0 Å². The highest BCUT2D eigenvalue weighted by atomic mass is 79.9. The number of ether oxygens (including phenoxy) is 1. The molecule has 0 bridgehead atoms. The molecule has 2 aliphatic heterocycles. The van der Waals surface area contributed by atoms with E-state index in [-0.39, 0.29) is 23.8 Å². The van der Waals surface area contributed by atoms with Crippen molar-refractivity contribution < 1.29 is 14.3 Å². The summed E-state index contributed by atoms with van der Waals surface area (Å²) in [7, 11) is 0. The van der Waals surface area contributed by atoms with Crippen molar-refractivity contribution in [2.45, 2.75) is 25.8 Å². The fourth-order valence-corrected chi connectivity index (χ4v) is 3.79. The van der Waals surface area contributed by atoms with Gasteiger partial charge in [-0.3, -0.25) is 14.5 Å². The molecule has 0 radical (unpaired) electrons. The molecule has 26 heavy (non-hydrogen) atoms. The van der Waals surface area contributed by atoms with Crippen LogP contribution in [0.5, 0.6) is 0 Å². The maximum absolute atomic E-state index is 12.6. The quantitative estimate of drug-likeness (QED) is 0.806. The van der Waals surface area contributed by atoms with Crippen LogP contribution in [0, 0.1) is 5.92 Å². The average Bonchev–Trinajstić information content (AvgIpc) is 2.69. The maximum atomic E-state index is 12.6. The molecule has 1 aromatic rings. The van der Waals surface area contributed by atoms with Crippen LogP contribution in [0.25, 0.3) is 0 Å². The molecule has 0 saturated carbocycles. The van der Waals surface area contributed by atoms with Gasteiger partial charge >= 0.3 is 0 Å². The molecular weight excluding hydrogens is 398 g/mol. The van der Waals surface area contributed by atoms with E-state index in [0.29, 0.717) is 26.3 Å². The Hall–Kier alpha value is -1.44. The van der Waals surface area contributed by atoms with Gasteiger partial charge in [0.25, 0.3) is 0 Å². The zero-order valence-electron chi connectivity index (χ0n) is 15.1. The number of rotatable bonds is 4. The molecule has 2 saturated heterocycles. The second kappa shape index (κ2) is 8.97. The van der Waals surface area contributed by atoms with Gasteiger partial charge in [-0.05, 0) is 57.1 Å². The summed E-state index contributed by atoms with van der Waals surface area (Å²) < 4.78 is 6.30. The van der Waals surface area contributed by atoms with E-state index in [2.05, 4.69) is 26.1 Å². The molecule has 3 rings (SSSR count). The second-order valence-electron chi connectivity index (χ2n) is 6.92. The summed E-state index contributed by atoms with van der Waals surface area (Å²) in [4.78, 5) is 29.2. The Labute approximate surface area is 163 Å². The molecule has 1 N–H and O–H groups in total. The number of carbonyl (C=O) groups is 2. The van der Waals surface area contributed by atoms with Gasteiger partial charge in [-0.25, -0.2) is 0 Å². The number of anilines is 1. The van der Waals surface area contributed by atoms with Crippen LogP contribution >= 0.6 is 15.9 Å². The summed E-state index contributed by atoms with van der Waals surface area (Å²) in [6.45, 7) is 6.15. The van der Waals surface area contributed by atoms with Crippen molar-refractivity contribution in [3.63, 3.8) is 0 Å². The Morgan fingerprint density at radius 2 is 1.73 bits per heavy atom. The smallest absolute Gasteiger partial charge is 0.241 e. The molecule has 7 heteroatoms. The normalized spacial score (nSPS) is 20.6. The van der Waals surface area contributed by atoms with Crippen molar-refractivity contribution in [1.82, 2.24) is 9.80 Å². The standard InChI is InChI=1S/C19H26BrN3O3/c1-14(18(24)21-17-4-2-16(20)3-5-17)22-8-6-15(7-9-22)19(25)23-10-12-26-13-11-23/h2-5,14-15H,6-13H2,1H3,(H,21,24)/t14-/m1/s1. The number of nitrogens with one attached hydrogen (secondary N) is 1. The highest BCUT2D eigenvalue weighted by molar-refractivity contribution is 9.10. The van der Waals surface area contributed by atoms with E-state index in [0.717, 1.165) is 36.1 Å². The lowest BCUT2D eigenvalue weighted by Gasteiger charge is -2.37. The average molecular weight is 424 g/mol. The molecule has 1 aromatic carbocycles. The third-order valence-corrected chi connectivity index (χ3v) is 5.77. The lowest BCUT2D eigenvalue weighted by Crippen LogP contribution is -2.50. The molecule has 6 nitrogen and oxygen atoms in total. The van der Waals surface area contributed by atoms with E-state index in [4.69, 9.17) is 4.74 Å². The fraction of sp³-hybridized carbons (Fsp3) is 0.579. The van der Waals surface area contributed by atoms with Crippen LogP contribution in [0.3, 0.4) is 0 Å². The van der Waals surface area contributed by atoms with Crippen LogP contribution in [-0.4, -0.2) is 67.0 Å². The van der Waals surface area contributed by atoms with Crippen LogP contribution in [0.1, 0.15) is 19.8 Å². The summed E-state index contributed by atoms with van der Waals surface area (Å²) in [5, 5.41) is 2.96. The number of hydrogen-bond acceptors (Lipinski definition) is 4. The van der Waals surface area contributed by atoms with Crippen molar-refractivity contribution in [1.29, 1.82) is 0 Å². The molecule has 0 aliphatic carbocycles. The zero-order chi connectivity index (χ0) is 18.5. The van der Waals surface area contributed by atoms with E-state index < -0.39 is 0 Å². The monoisotopic (exact) mass is 423 g/mol. The van der Waals surface area contributed by atoms with E-state index >= 15 is 0 Å². The number of benzene rings is 1. The van der Waals surface area contributed by atoms with Crippen LogP contribution < -0.4 is 5.32 Å². The number of halogens is 1. The summed E-state index contributed by atoms with van der Waals surface area (Å²) in [6.07, 6.45) is 1.62. The van der Waals surface area contributed by atoms with Crippen molar-refractivity contribution in [2.24, 2.45) is 5.92 Å². The SMILES string of the molecule is C[C@H](C(=O)Nc1ccc(Br)cc1)N1CCC(C(=O)N2CCOCC2)CC1. The number of morpholine rings is 1. The molecule has 2 amide bonds. The van der Waals surface area contributed by atoms with Crippen LogP contribution in [-0.2, 0) is 14.3 Å². The lowest BCUT2D eigenvalue weighted by atomic mass is 9.94. The Morgan fingerprint density at radius 1 is 1.12 bits per heavy atom. The van der Waals surface area contributed by atoms with Crippen LogP contribution in [0.2, 0.25) is 0 Å². The topological polar surface area (TPSA) is 61.9 Å². The molecule has 0 aromatic heterocycles. The number of piperidine rings is 1. The summed E-state index contributed by atoms with van der Waals surface area (Å²) in [5.41, 5.74) is 0.794. The first kappa shape index (κ1) is 19.3. The number of amides is 2. The van der Waals surface area contributed by atoms with Crippen molar-refractivity contribution >= 4 is 33.4 Å². The number of carbonyl (C=O) groups excluding carboxylic acids is 2. The molecule has 1 atom stereocenters. The van der Waals surface area contributed by atoms with Gasteiger partial charge in [0.15, 0.2) is 0 Å². The fourth-order valence-electron chi connectivity index (χ4n) is 3.52. The molecule has 2 heterocycles. The zero-order valence-corrected chi connectivity index (χ0v) is 16.7. The van der Waals surface area contributed by atoms with Gasteiger partial charge in [0, 0.05) is 29.2 Å². The van der Waals surface area contributed by atoms with Crippen molar-refractivity contribution in [3.05, 3.63) is 28.7 Å². The number of nitrogens with zero attached hydrogens (tertiary/aromatic N) is 2. The number of likely N-dealkylation sites (tertiary alicyclic amines) is 1. The highest BCUT2D eigenvalue weighted by Crippen LogP contribution is 2.22. The predicted molar refractivity (Wildman–Crippen MR) is 104 cm³/mol. The minimum Gasteiger partial charge on any atom is -0.378 e. The Balaban J connectivity index is 1.48. The van der Waals surface area contributed by atoms with E-state index in [9.17, 15) is 9.59 Å². The van der Waals surface area contributed by atoms with Crippen molar-refractivity contribution in [3.8, 4) is 0 Å². The van der Waals surface area contributed by atoms with E-state index in [1.807, 2.05) is 36.1 Å². The van der Waals surface area contributed by atoms with Crippen LogP contribution in [0.15, 0.2) is 28.7 Å². The number of hydrogen-bond donors (Lipinski definition) is 1. The summed E-state index contributed by atoms with van der Waals surface area (Å²) in [6, 6.07) is 7.36. The Morgan fingerprint density at radius 3 is 2.35 bits per heavy atom. The van der Waals surface area contributed by atoms with Gasteiger partial charge < -0.3 is 15.0 Å². The minimum absolute atomic E-state index is 0.00900. The van der Waals surface area contributed by atoms with Crippen LogP contribution in [0.4, 0.5) is 5.69 Å². The Bertz CT molecular complexity index is 623. The first-order valence-electron chi connectivity index (χ1n) is 9.21.